The molecule has 0 atom stereocenters. The molecule has 1 fully saturated rings. The molecule has 0 radical (unpaired) electrons. The van der Waals surface area contributed by atoms with Crippen LogP contribution < -0.4 is 20.3 Å². The molecule has 8 nitrogen and oxygen atoms in total. The van der Waals surface area contributed by atoms with Crippen molar-refractivity contribution in [1.82, 2.24) is 15.3 Å². The monoisotopic (exact) mass is 466 g/mol. The van der Waals surface area contributed by atoms with E-state index in [1.54, 1.807) is 30.5 Å². The van der Waals surface area contributed by atoms with Crippen molar-refractivity contribution < 1.29 is 8.42 Å². The number of sulfonamides is 1. The van der Waals surface area contributed by atoms with E-state index in [1.165, 1.54) is 0 Å². The molecule has 33 heavy (non-hydrogen) atoms. The lowest BCUT2D eigenvalue weighted by Crippen LogP contribution is -2.44. The quantitative estimate of drug-likeness (QED) is 0.441. The lowest BCUT2D eigenvalue weighted by Gasteiger charge is -2.27. The molecule has 0 aliphatic carbocycles. The first kappa shape index (κ1) is 23.0. The lowest BCUT2D eigenvalue weighted by molar-refractivity contribution is 0.580. The van der Waals surface area contributed by atoms with Gasteiger partial charge in [-0.3, -0.25) is 4.72 Å². The van der Waals surface area contributed by atoms with Gasteiger partial charge in [0.25, 0.3) is 10.0 Å². The van der Waals surface area contributed by atoms with Crippen molar-refractivity contribution in [3.8, 4) is 0 Å². The van der Waals surface area contributed by atoms with Crippen molar-refractivity contribution in [3.63, 3.8) is 0 Å². The fraction of sp³-hybridized carbons (Fsp3) is 0.333. The Morgan fingerprint density at radius 2 is 1.67 bits per heavy atom. The van der Waals surface area contributed by atoms with Crippen LogP contribution in [0, 0.1) is 0 Å². The highest BCUT2D eigenvalue weighted by Gasteiger charge is 2.15. The summed E-state index contributed by atoms with van der Waals surface area (Å²) in [7, 11) is -3.64. The summed E-state index contributed by atoms with van der Waals surface area (Å²) in [5, 5.41) is 6.58. The second-order valence-electron chi connectivity index (χ2n) is 8.03. The normalized spacial score (nSPS) is 14.2. The molecule has 9 heteroatoms. The van der Waals surface area contributed by atoms with Crippen LogP contribution in [0.4, 0.5) is 23.1 Å². The number of rotatable bonds is 9. The highest BCUT2D eigenvalue weighted by atomic mass is 32.2. The minimum atomic E-state index is -3.64. The number of nitrogens with zero attached hydrogens (tertiary/aromatic N) is 3. The minimum Gasteiger partial charge on any atom is -0.340 e. The predicted molar refractivity (Wildman–Crippen MR) is 133 cm³/mol. The van der Waals surface area contributed by atoms with E-state index in [0.29, 0.717) is 17.5 Å². The van der Waals surface area contributed by atoms with Crippen LogP contribution in [0.5, 0.6) is 0 Å². The summed E-state index contributed by atoms with van der Waals surface area (Å²) in [6.45, 7) is 5.73. The van der Waals surface area contributed by atoms with E-state index in [0.717, 1.165) is 56.7 Å². The topological polar surface area (TPSA) is 99.2 Å². The molecular weight excluding hydrogens is 436 g/mol. The van der Waals surface area contributed by atoms with Gasteiger partial charge in [-0.15, -0.1) is 0 Å². The number of hydrogen-bond donors (Lipinski definition) is 3. The highest BCUT2D eigenvalue weighted by Crippen LogP contribution is 2.22. The van der Waals surface area contributed by atoms with Crippen LogP contribution in [-0.2, 0) is 16.4 Å². The van der Waals surface area contributed by atoms with E-state index >= 15 is 0 Å². The molecule has 0 amide bonds. The molecule has 0 spiro atoms. The number of hydrogen-bond acceptors (Lipinski definition) is 7. The Morgan fingerprint density at radius 1 is 0.970 bits per heavy atom. The Hall–Kier alpha value is -3.17. The third kappa shape index (κ3) is 6.21. The second-order valence-corrected chi connectivity index (χ2v) is 9.72. The van der Waals surface area contributed by atoms with Crippen molar-refractivity contribution in [1.29, 1.82) is 0 Å². The molecule has 3 aromatic rings. The molecule has 2 aromatic carbocycles. The third-order valence-electron chi connectivity index (χ3n) is 5.50. The maximum absolute atomic E-state index is 12.7. The zero-order valence-corrected chi connectivity index (χ0v) is 19.6. The van der Waals surface area contributed by atoms with Gasteiger partial charge in [-0.05, 0) is 60.9 Å². The van der Waals surface area contributed by atoms with E-state index in [9.17, 15) is 8.42 Å². The maximum Gasteiger partial charge on any atom is 0.261 e. The van der Waals surface area contributed by atoms with Gasteiger partial charge in [0.1, 0.15) is 5.82 Å². The summed E-state index contributed by atoms with van der Waals surface area (Å²) in [5.74, 6) is 1.39. The minimum absolute atomic E-state index is 0.256. The van der Waals surface area contributed by atoms with Gasteiger partial charge in [0.15, 0.2) is 0 Å². The van der Waals surface area contributed by atoms with Crippen LogP contribution in [0.1, 0.15) is 25.3 Å². The zero-order chi connectivity index (χ0) is 23.1. The van der Waals surface area contributed by atoms with Gasteiger partial charge in [-0.2, -0.15) is 4.98 Å². The summed E-state index contributed by atoms with van der Waals surface area (Å²) in [6, 6.07) is 16.0. The van der Waals surface area contributed by atoms with Gasteiger partial charge >= 0.3 is 0 Å². The summed E-state index contributed by atoms with van der Waals surface area (Å²) < 4.78 is 28.1. The van der Waals surface area contributed by atoms with Crippen molar-refractivity contribution in [3.05, 3.63) is 66.4 Å². The van der Waals surface area contributed by atoms with Crippen LogP contribution >= 0.6 is 0 Å². The smallest absolute Gasteiger partial charge is 0.261 e. The number of unbranched alkanes of at least 4 members (excludes halogenated alkanes) is 1. The highest BCUT2D eigenvalue weighted by molar-refractivity contribution is 7.92. The van der Waals surface area contributed by atoms with Crippen molar-refractivity contribution in [2.24, 2.45) is 0 Å². The first-order chi connectivity index (χ1) is 16.0. The molecule has 1 aromatic heterocycles. The summed E-state index contributed by atoms with van der Waals surface area (Å²) in [5.41, 5.74) is 2.46. The van der Waals surface area contributed by atoms with Crippen LogP contribution in [0.2, 0.25) is 0 Å². The number of aryl methyl sites for hydroxylation is 1. The van der Waals surface area contributed by atoms with Gasteiger partial charge in [0.05, 0.1) is 4.90 Å². The van der Waals surface area contributed by atoms with Gasteiger partial charge < -0.3 is 15.5 Å². The van der Waals surface area contributed by atoms with E-state index in [-0.39, 0.29) is 4.90 Å². The largest absolute Gasteiger partial charge is 0.340 e. The number of anilines is 4. The number of benzene rings is 2. The van der Waals surface area contributed by atoms with Crippen LogP contribution in [0.3, 0.4) is 0 Å². The van der Waals surface area contributed by atoms with Crippen molar-refractivity contribution >= 4 is 33.2 Å². The molecule has 1 aliphatic heterocycles. The zero-order valence-electron chi connectivity index (χ0n) is 18.8. The summed E-state index contributed by atoms with van der Waals surface area (Å²) in [4.78, 5) is 11.4. The van der Waals surface area contributed by atoms with Crippen LogP contribution in [0.25, 0.3) is 0 Å². The average Bonchev–Trinajstić information content (AvgIpc) is 2.85. The second kappa shape index (κ2) is 10.6. The fourth-order valence-corrected chi connectivity index (χ4v) is 4.69. The maximum atomic E-state index is 12.7. The Balaban J connectivity index is 1.39. The summed E-state index contributed by atoms with van der Waals surface area (Å²) in [6.07, 6.45) is 4.91. The van der Waals surface area contributed by atoms with Gasteiger partial charge in [-0.1, -0.05) is 25.5 Å². The molecule has 4 rings (SSSR count). The van der Waals surface area contributed by atoms with E-state index < -0.39 is 10.0 Å². The molecule has 0 unspecified atom stereocenters. The lowest BCUT2D eigenvalue weighted by atomic mass is 10.1. The number of nitrogens with one attached hydrogen (secondary N) is 3. The fourth-order valence-electron chi connectivity index (χ4n) is 3.63. The number of aromatic nitrogens is 2. The van der Waals surface area contributed by atoms with Crippen LogP contribution in [0.15, 0.2) is 65.7 Å². The molecule has 1 aliphatic rings. The standard InChI is InChI=1S/C24H30N6O2S/c1-2-3-4-19-5-11-22(12-6-19)33(31,32)29-21-9-7-20(8-10-21)27-23-13-14-26-24(28-23)30-17-15-25-16-18-30/h5-14,25,29H,2-4,15-18H2,1H3,(H,26,27,28). The Morgan fingerprint density at radius 3 is 2.36 bits per heavy atom. The molecular formula is C24H30N6O2S. The van der Waals surface area contributed by atoms with Crippen molar-refractivity contribution in [2.75, 3.05) is 41.1 Å². The van der Waals surface area contributed by atoms with Gasteiger partial charge in [-0.25, -0.2) is 13.4 Å². The molecule has 174 valence electrons. The SMILES string of the molecule is CCCCc1ccc(S(=O)(=O)Nc2ccc(Nc3ccnc(N4CCNCC4)n3)cc2)cc1. The Bertz CT molecular complexity index is 1140. The number of piperazine rings is 1. The van der Waals surface area contributed by atoms with Gasteiger partial charge in [0, 0.05) is 43.8 Å². The molecule has 2 heterocycles. The average molecular weight is 467 g/mol. The van der Waals surface area contributed by atoms with E-state index in [1.807, 2.05) is 30.3 Å². The molecule has 3 N–H and O–H groups in total. The first-order valence-corrected chi connectivity index (χ1v) is 12.8. The predicted octanol–water partition coefficient (Wildman–Crippen LogP) is 3.77. The van der Waals surface area contributed by atoms with Crippen molar-refractivity contribution in [2.45, 2.75) is 31.1 Å². The first-order valence-electron chi connectivity index (χ1n) is 11.3. The molecule has 1 saturated heterocycles. The molecule has 0 bridgehead atoms. The van der Waals surface area contributed by atoms with E-state index in [4.69, 9.17) is 0 Å². The third-order valence-corrected chi connectivity index (χ3v) is 6.90. The summed E-state index contributed by atoms with van der Waals surface area (Å²) >= 11 is 0. The Labute approximate surface area is 195 Å². The Kier molecular flexibility index (Phi) is 7.41. The van der Waals surface area contributed by atoms with E-state index in [2.05, 4.69) is 37.1 Å². The molecule has 0 saturated carbocycles. The van der Waals surface area contributed by atoms with Gasteiger partial charge in [0.2, 0.25) is 5.95 Å². The van der Waals surface area contributed by atoms with Crippen LogP contribution in [-0.4, -0.2) is 44.6 Å².